The molecular formula is C8H20HeO4Si. The van der Waals surface area contributed by atoms with Crippen LogP contribution in [0.15, 0.2) is 0 Å². The van der Waals surface area contributed by atoms with Crippen molar-refractivity contribution in [2.75, 3.05) is 26.4 Å². The molecule has 0 heterocycles. The second-order valence-corrected chi connectivity index (χ2v) is 4.39. The van der Waals surface area contributed by atoms with Gasteiger partial charge < -0.3 is 17.7 Å². The Kier molecular flexibility index (Phi) is 11.1. The Labute approximate surface area is 87.8 Å². The van der Waals surface area contributed by atoms with E-state index in [1.54, 1.807) is 0 Å². The molecule has 0 N–H and O–H groups in total. The molecule has 0 aromatic rings. The molecule has 0 aromatic carbocycles. The third-order valence-corrected chi connectivity index (χ3v) is 3.85. The van der Waals surface area contributed by atoms with Crippen LogP contribution in [-0.2, 0) is 17.7 Å². The quantitative estimate of drug-likeness (QED) is 0.572. The van der Waals surface area contributed by atoms with Crippen molar-refractivity contribution < 1.29 is 23.9 Å². The Morgan fingerprint density at radius 1 is 0.643 bits per heavy atom. The average Bonchev–Trinajstić information content (AvgIpc) is 2.06. The van der Waals surface area contributed by atoms with E-state index in [0.29, 0.717) is 26.4 Å². The molecule has 0 fully saturated rings. The molecule has 14 heavy (non-hydrogen) atoms. The van der Waals surface area contributed by atoms with Gasteiger partial charge in [-0.1, -0.05) is 0 Å². The number of hydrogen-bond acceptors (Lipinski definition) is 4. The summed E-state index contributed by atoms with van der Waals surface area (Å²) in [4.78, 5) is 0. The minimum Gasteiger partial charge on any atom is -0.351 e. The molecule has 0 atom stereocenters. The summed E-state index contributed by atoms with van der Waals surface area (Å²) in [5.41, 5.74) is 0. The molecule has 6 heteroatoms. The van der Waals surface area contributed by atoms with Crippen LogP contribution in [0.5, 0.6) is 0 Å². The van der Waals surface area contributed by atoms with Crippen molar-refractivity contribution in [3.8, 4) is 0 Å². The topological polar surface area (TPSA) is 36.9 Å². The van der Waals surface area contributed by atoms with Crippen LogP contribution in [0.1, 0.15) is 27.7 Å². The van der Waals surface area contributed by atoms with Gasteiger partial charge in [-0.05, 0) is 27.7 Å². The van der Waals surface area contributed by atoms with Crippen LogP contribution in [0.25, 0.3) is 0 Å². The van der Waals surface area contributed by atoms with Crippen molar-refractivity contribution in [1.82, 2.24) is 0 Å². The minimum atomic E-state index is -2.80. The van der Waals surface area contributed by atoms with Crippen molar-refractivity contribution in [3.05, 3.63) is 0 Å². The molecule has 0 aromatic heterocycles. The van der Waals surface area contributed by atoms with Crippen molar-refractivity contribution in [2.45, 2.75) is 27.7 Å². The molecule has 82 valence electrons. The molecule has 0 aliphatic carbocycles. The van der Waals surface area contributed by atoms with Crippen LogP contribution in [-0.4, -0.2) is 35.5 Å². The molecule has 0 amide bonds. The van der Waals surface area contributed by atoms with Crippen LogP contribution >= 0.6 is 0 Å². The van der Waals surface area contributed by atoms with Gasteiger partial charge in [0.15, 0.2) is 0 Å². The fraction of sp³-hybridized carbons (Fsp3) is 1.00. The first-order valence-corrected chi connectivity index (χ1v) is 6.43. The van der Waals surface area contributed by atoms with Gasteiger partial charge in [0.1, 0.15) is 0 Å². The van der Waals surface area contributed by atoms with E-state index in [1.807, 2.05) is 27.7 Å². The third kappa shape index (κ3) is 5.64. The predicted molar refractivity (Wildman–Crippen MR) is 52.3 cm³/mol. The van der Waals surface area contributed by atoms with Crippen molar-refractivity contribution in [3.63, 3.8) is 0 Å². The van der Waals surface area contributed by atoms with Crippen molar-refractivity contribution in [2.24, 2.45) is 0 Å². The zero-order chi connectivity index (χ0) is 10.2. The van der Waals surface area contributed by atoms with E-state index < -0.39 is 9.05 Å². The Balaban J connectivity index is 0. The first kappa shape index (κ1) is 16.4. The van der Waals surface area contributed by atoms with Gasteiger partial charge in [-0.15, -0.1) is 0 Å². The molecule has 0 bridgehead atoms. The third-order valence-electron chi connectivity index (χ3n) is 1.28. The summed E-state index contributed by atoms with van der Waals surface area (Å²) >= 11 is 0. The van der Waals surface area contributed by atoms with E-state index in [-0.39, 0.29) is 6.15 Å². The summed E-state index contributed by atoms with van der Waals surface area (Å²) in [6.45, 7) is 9.80. The maximum Gasteiger partial charge on any atom is 0.679 e. The predicted octanol–water partition coefficient (Wildman–Crippen LogP) is 1.57. The normalized spacial score (nSPS) is 11.1. The van der Waals surface area contributed by atoms with E-state index in [1.165, 1.54) is 0 Å². The minimum absolute atomic E-state index is 0. The summed E-state index contributed by atoms with van der Waals surface area (Å²) in [5.74, 6) is 0. The second kappa shape index (κ2) is 9.52. The van der Waals surface area contributed by atoms with E-state index in [2.05, 4.69) is 0 Å². The number of hydrogen-bond donors (Lipinski definition) is 0. The van der Waals surface area contributed by atoms with Gasteiger partial charge in [0.05, 0.1) is 0 Å². The van der Waals surface area contributed by atoms with Crippen molar-refractivity contribution >= 4 is 9.05 Å². The molecule has 0 saturated carbocycles. The monoisotopic (exact) mass is 212 g/mol. The molecule has 0 radical (unpaired) electrons. The van der Waals surface area contributed by atoms with Crippen LogP contribution < -0.4 is 0 Å². The summed E-state index contributed by atoms with van der Waals surface area (Å²) in [6, 6.07) is 0. The van der Waals surface area contributed by atoms with E-state index in [9.17, 15) is 0 Å². The van der Waals surface area contributed by atoms with E-state index in [4.69, 9.17) is 17.7 Å². The van der Waals surface area contributed by atoms with Gasteiger partial charge in [0.25, 0.3) is 0 Å². The van der Waals surface area contributed by atoms with Crippen molar-refractivity contribution in [1.29, 1.82) is 0 Å². The maximum absolute atomic E-state index is 5.42. The fourth-order valence-electron chi connectivity index (χ4n) is 0.957. The largest absolute Gasteiger partial charge is 0.679 e. The molecule has 0 spiro atoms. The van der Waals surface area contributed by atoms with Gasteiger partial charge in [0, 0.05) is 32.6 Å². The van der Waals surface area contributed by atoms with Gasteiger partial charge in [-0.2, -0.15) is 0 Å². The summed E-state index contributed by atoms with van der Waals surface area (Å²) in [5, 5.41) is 0. The SMILES string of the molecule is CCO[Si](OCC)(OCC)OCC.[He]. The average molecular weight is 212 g/mol. The van der Waals surface area contributed by atoms with Gasteiger partial charge in [-0.25, -0.2) is 0 Å². The summed E-state index contributed by atoms with van der Waals surface area (Å²) in [6.07, 6.45) is 0. The summed E-state index contributed by atoms with van der Waals surface area (Å²) in [7, 11) is -2.80. The zero-order valence-corrected chi connectivity index (χ0v) is 10.7. The van der Waals surface area contributed by atoms with Crippen LogP contribution in [0.4, 0.5) is 0 Å². The Morgan fingerprint density at radius 2 is 0.857 bits per heavy atom. The molecule has 0 unspecified atom stereocenters. The standard InChI is InChI=1S/C8H20O4Si.He/c1-5-9-13(10-6-2,11-7-3)12-8-4;/h5-8H2,1-4H3;. The zero-order valence-electron chi connectivity index (χ0n) is 9.67. The molecule has 0 aliphatic rings. The molecule has 0 saturated heterocycles. The summed E-state index contributed by atoms with van der Waals surface area (Å²) < 4.78 is 21.7. The second-order valence-electron chi connectivity index (χ2n) is 2.23. The first-order chi connectivity index (χ1) is 6.24. The van der Waals surface area contributed by atoms with Gasteiger partial charge in [0.2, 0.25) is 0 Å². The van der Waals surface area contributed by atoms with Crippen LogP contribution in [0, 0.1) is 6.15 Å². The van der Waals surface area contributed by atoms with Gasteiger partial charge in [-0.3, -0.25) is 0 Å². The maximum atomic E-state index is 5.42. The first-order valence-electron chi connectivity index (χ1n) is 4.80. The smallest absolute Gasteiger partial charge is 0.351 e. The Hall–Kier alpha value is -0.0340. The van der Waals surface area contributed by atoms with Gasteiger partial charge >= 0.3 is 9.05 Å². The van der Waals surface area contributed by atoms with Crippen LogP contribution in [0.2, 0.25) is 0 Å². The van der Waals surface area contributed by atoms with E-state index >= 15 is 0 Å². The molecule has 0 aliphatic heterocycles. The van der Waals surface area contributed by atoms with Crippen LogP contribution in [0.3, 0.4) is 0 Å². The molecule has 0 rings (SSSR count). The number of rotatable bonds is 8. The Morgan fingerprint density at radius 3 is 1.00 bits per heavy atom. The molecular weight excluding hydrogens is 192 g/mol. The van der Waals surface area contributed by atoms with E-state index in [0.717, 1.165) is 0 Å². The Bertz CT molecular complexity index is 96.4. The molecule has 4 nitrogen and oxygen atoms in total. The fourth-order valence-corrected chi connectivity index (χ4v) is 2.87.